The molecule has 0 saturated heterocycles. The smallest absolute Gasteiger partial charge is 0.150 e. The zero-order valence-electron chi connectivity index (χ0n) is 11.0. The number of hydrogen-bond donors (Lipinski definition) is 0. The van der Waals surface area contributed by atoms with Crippen molar-refractivity contribution in [3.8, 4) is 0 Å². The van der Waals surface area contributed by atoms with Crippen LogP contribution in [-0.4, -0.2) is 26.5 Å². The van der Waals surface area contributed by atoms with Gasteiger partial charge in [0.15, 0.2) is 0 Å². The Balaban J connectivity index is 2.28. The quantitative estimate of drug-likeness (QED) is 0.742. The lowest BCUT2D eigenvalue weighted by Crippen LogP contribution is -2.21. The van der Waals surface area contributed by atoms with Gasteiger partial charge in [-0.3, -0.25) is 4.79 Å². The summed E-state index contributed by atoms with van der Waals surface area (Å²) in [6.07, 6.45) is 0.853. The van der Waals surface area contributed by atoms with Crippen molar-refractivity contribution in [3.63, 3.8) is 0 Å². The number of carbonyl (C=O) groups excluding carboxylic acids is 1. The van der Waals surface area contributed by atoms with E-state index in [0.29, 0.717) is 12.2 Å². The van der Waals surface area contributed by atoms with Crippen LogP contribution in [0.3, 0.4) is 0 Å². The standard InChI is InChI=1S/C16H17NO2/c1-19-12-11-17(15-5-3-2-4-6-15)16-9-7-14(13-18)8-10-16/h2-10,13H,11-12H2,1H3. The molecule has 0 bridgehead atoms. The number of carbonyl (C=O) groups is 1. The van der Waals surface area contributed by atoms with Crippen molar-refractivity contribution in [2.24, 2.45) is 0 Å². The fraction of sp³-hybridized carbons (Fsp3) is 0.188. The summed E-state index contributed by atoms with van der Waals surface area (Å²) in [5.41, 5.74) is 2.84. The average Bonchev–Trinajstić information content (AvgIpc) is 2.49. The molecule has 3 heteroatoms. The minimum Gasteiger partial charge on any atom is -0.383 e. The van der Waals surface area contributed by atoms with E-state index in [-0.39, 0.29) is 0 Å². The predicted octanol–water partition coefficient (Wildman–Crippen LogP) is 3.28. The second-order valence-corrected chi connectivity index (χ2v) is 4.19. The van der Waals surface area contributed by atoms with E-state index in [0.717, 1.165) is 24.2 Å². The molecule has 0 aliphatic carbocycles. The number of benzene rings is 2. The molecular formula is C16H17NO2. The van der Waals surface area contributed by atoms with Crippen molar-refractivity contribution < 1.29 is 9.53 Å². The Kier molecular flexibility index (Phi) is 4.70. The molecule has 0 amide bonds. The van der Waals surface area contributed by atoms with E-state index in [1.54, 1.807) is 7.11 Å². The summed E-state index contributed by atoms with van der Waals surface area (Å²) in [5, 5.41) is 0. The van der Waals surface area contributed by atoms with Crippen LogP contribution in [0.5, 0.6) is 0 Å². The van der Waals surface area contributed by atoms with Crippen LogP contribution in [0, 0.1) is 0 Å². The van der Waals surface area contributed by atoms with Crippen molar-refractivity contribution >= 4 is 17.7 Å². The van der Waals surface area contributed by atoms with Crippen LogP contribution >= 0.6 is 0 Å². The Hall–Kier alpha value is -2.13. The molecule has 19 heavy (non-hydrogen) atoms. The van der Waals surface area contributed by atoms with E-state index < -0.39 is 0 Å². The van der Waals surface area contributed by atoms with Crippen LogP contribution in [0.1, 0.15) is 10.4 Å². The summed E-state index contributed by atoms with van der Waals surface area (Å²) in [7, 11) is 1.69. The van der Waals surface area contributed by atoms with Gasteiger partial charge >= 0.3 is 0 Å². The second kappa shape index (κ2) is 6.71. The summed E-state index contributed by atoms with van der Waals surface area (Å²) >= 11 is 0. The molecule has 0 spiro atoms. The molecule has 3 nitrogen and oxygen atoms in total. The van der Waals surface area contributed by atoms with Gasteiger partial charge in [-0.25, -0.2) is 0 Å². The van der Waals surface area contributed by atoms with Crippen molar-refractivity contribution in [1.29, 1.82) is 0 Å². The highest BCUT2D eigenvalue weighted by Crippen LogP contribution is 2.24. The number of ether oxygens (including phenoxy) is 1. The predicted molar refractivity (Wildman–Crippen MR) is 77.2 cm³/mol. The van der Waals surface area contributed by atoms with E-state index in [2.05, 4.69) is 17.0 Å². The second-order valence-electron chi connectivity index (χ2n) is 4.19. The molecule has 0 aromatic heterocycles. The molecule has 0 aliphatic rings. The first kappa shape index (κ1) is 13.3. The summed E-state index contributed by atoms with van der Waals surface area (Å²) in [4.78, 5) is 12.9. The van der Waals surface area contributed by atoms with Gasteiger partial charge in [-0.15, -0.1) is 0 Å². The highest BCUT2D eigenvalue weighted by atomic mass is 16.5. The Labute approximate surface area is 113 Å². The normalized spacial score (nSPS) is 10.2. The van der Waals surface area contributed by atoms with Crippen molar-refractivity contribution in [3.05, 3.63) is 60.2 Å². The Morgan fingerprint density at radius 3 is 2.21 bits per heavy atom. The summed E-state index contributed by atoms with van der Waals surface area (Å²) < 4.78 is 5.16. The number of aldehydes is 1. The minimum absolute atomic E-state index is 0.643. The molecule has 0 atom stereocenters. The molecule has 0 heterocycles. The number of methoxy groups -OCH3 is 1. The molecular weight excluding hydrogens is 238 g/mol. The molecule has 0 aliphatic heterocycles. The third-order valence-electron chi connectivity index (χ3n) is 2.93. The van der Waals surface area contributed by atoms with Gasteiger partial charge < -0.3 is 9.64 Å². The molecule has 0 N–H and O–H groups in total. The van der Waals surface area contributed by atoms with Crippen LogP contribution < -0.4 is 4.90 Å². The van der Waals surface area contributed by atoms with Gasteiger partial charge in [-0.05, 0) is 36.4 Å². The maximum atomic E-state index is 10.7. The first-order valence-electron chi connectivity index (χ1n) is 6.22. The lowest BCUT2D eigenvalue weighted by Gasteiger charge is -2.24. The van der Waals surface area contributed by atoms with Crippen LogP contribution in [0.15, 0.2) is 54.6 Å². The highest BCUT2D eigenvalue weighted by Gasteiger charge is 2.08. The van der Waals surface area contributed by atoms with Gasteiger partial charge in [0.1, 0.15) is 6.29 Å². The van der Waals surface area contributed by atoms with Gasteiger partial charge in [-0.1, -0.05) is 18.2 Å². The maximum Gasteiger partial charge on any atom is 0.150 e. The highest BCUT2D eigenvalue weighted by molar-refractivity contribution is 5.76. The first-order chi connectivity index (χ1) is 9.35. The number of nitrogens with zero attached hydrogens (tertiary/aromatic N) is 1. The van der Waals surface area contributed by atoms with Gasteiger partial charge in [0.2, 0.25) is 0 Å². The molecule has 0 fully saturated rings. The maximum absolute atomic E-state index is 10.7. The van der Waals surface area contributed by atoms with Crippen LogP contribution in [-0.2, 0) is 4.74 Å². The minimum atomic E-state index is 0.643. The van der Waals surface area contributed by atoms with Gasteiger partial charge in [0.05, 0.1) is 6.61 Å². The third kappa shape index (κ3) is 3.42. The Morgan fingerprint density at radius 1 is 1.00 bits per heavy atom. The lowest BCUT2D eigenvalue weighted by atomic mass is 10.2. The molecule has 0 unspecified atom stereocenters. The molecule has 2 aromatic rings. The molecule has 0 radical (unpaired) electrons. The Bertz CT molecular complexity index is 508. The fourth-order valence-corrected chi connectivity index (χ4v) is 1.93. The topological polar surface area (TPSA) is 29.5 Å². The van der Waals surface area contributed by atoms with E-state index >= 15 is 0 Å². The van der Waals surface area contributed by atoms with Crippen LogP contribution in [0.4, 0.5) is 11.4 Å². The van der Waals surface area contributed by atoms with Gasteiger partial charge in [-0.2, -0.15) is 0 Å². The Morgan fingerprint density at radius 2 is 1.63 bits per heavy atom. The van der Waals surface area contributed by atoms with Crippen molar-refractivity contribution in [2.75, 3.05) is 25.2 Å². The molecule has 2 rings (SSSR count). The van der Waals surface area contributed by atoms with E-state index in [1.165, 1.54) is 0 Å². The summed E-state index contributed by atoms with van der Waals surface area (Å²) in [6.45, 7) is 1.41. The summed E-state index contributed by atoms with van der Waals surface area (Å²) in [5.74, 6) is 0. The molecule has 98 valence electrons. The van der Waals surface area contributed by atoms with E-state index in [9.17, 15) is 4.79 Å². The lowest BCUT2D eigenvalue weighted by molar-refractivity contribution is 0.112. The number of rotatable bonds is 6. The summed E-state index contributed by atoms with van der Waals surface area (Å²) in [6, 6.07) is 17.7. The zero-order chi connectivity index (χ0) is 13.5. The van der Waals surface area contributed by atoms with Crippen LogP contribution in [0.25, 0.3) is 0 Å². The van der Waals surface area contributed by atoms with Crippen molar-refractivity contribution in [2.45, 2.75) is 0 Å². The largest absolute Gasteiger partial charge is 0.383 e. The van der Waals surface area contributed by atoms with Crippen molar-refractivity contribution in [1.82, 2.24) is 0 Å². The fourth-order valence-electron chi connectivity index (χ4n) is 1.93. The SMILES string of the molecule is COCCN(c1ccccc1)c1ccc(C=O)cc1. The average molecular weight is 255 g/mol. The molecule has 2 aromatic carbocycles. The first-order valence-corrected chi connectivity index (χ1v) is 6.22. The van der Waals surface area contributed by atoms with Crippen LogP contribution in [0.2, 0.25) is 0 Å². The van der Waals surface area contributed by atoms with E-state index in [4.69, 9.17) is 4.74 Å². The number of anilines is 2. The monoisotopic (exact) mass is 255 g/mol. The van der Waals surface area contributed by atoms with Gasteiger partial charge in [0.25, 0.3) is 0 Å². The third-order valence-corrected chi connectivity index (χ3v) is 2.93. The molecule has 0 saturated carbocycles. The zero-order valence-corrected chi connectivity index (χ0v) is 11.0. The number of para-hydroxylation sites is 1. The number of hydrogen-bond acceptors (Lipinski definition) is 3. The van der Waals surface area contributed by atoms with E-state index in [1.807, 2.05) is 42.5 Å². The van der Waals surface area contributed by atoms with Gasteiger partial charge in [0, 0.05) is 30.6 Å².